The van der Waals surface area contributed by atoms with Gasteiger partial charge in [0, 0.05) is 18.8 Å². The van der Waals surface area contributed by atoms with Crippen molar-refractivity contribution in [2.45, 2.75) is 32.9 Å². The zero-order valence-corrected chi connectivity index (χ0v) is 13.1. The lowest BCUT2D eigenvalue weighted by Crippen LogP contribution is -2.17. The highest BCUT2D eigenvalue weighted by Gasteiger charge is 2.17. The summed E-state index contributed by atoms with van der Waals surface area (Å²) < 4.78 is 7.55. The Morgan fingerprint density at radius 1 is 1.29 bits per heavy atom. The Labute approximate surface area is 131 Å². The molecule has 1 heterocycles. The third-order valence-corrected chi connectivity index (χ3v) is 2.96. The summed E-state index contributed by atoms with van der Waals surface area (Å²) in [6, 6.07) is 9.81. The van der Waals surface area contributed by atoms with Crippen LogP contribution in [0.15, 0.2) is 49.1 Å². The molecule has 0 spiro atoms. The predicted octanol–water partition coefficient (Wildman–Crippen LogP) is 3.64. The summed E-state index contributed by atoms with van der Waals surface area (Å²) in [6.45, 7) is 4.59. The van der Waals surface area contributed by atoms with Crippen LogP contribution in [-0.2, 0) is 16.1 Å². The summed E-state index contributed by atoms with van der Waals surface area (Å²) in [7, 11) is 0. The second kappa shape index (κ2) is 8.47. The van der Waals surface area contributed by atoms with Crippen molar-refractivity contribution in [3.63, 3.8) is 0 Å². The first-order valence-electron chi connectivity index (χ1n) is 6.85. The molecule has 114 valence electrons. The van der Waals surface area contributed by atoms with Gasteiger partial charge in [-0.25, -0.2) is 4.98 Å². The molecule has 1 unspecified atom stereocenters. The number of ether oxygens (including phenoxy) is 1. The molecule has 0 saturated carbocycles. The first-order valence-corrected chi connectivity index (χ1v) is 6.85. The molecular weight excluding hydrogens is 288 g/mol. The Hall–Kier alpha value is -1.81. The SMILES string of the molecule is CC(C)CC(=O)OC(Cn1ccnc1)c1ccccc1.Cl. The van der Waals surface area contributed by atoms with E-state index < -0.39 is 0 Å². The van der Waals surface area contributed by atoms with Crippen molar-refractivity contribution in [3.05, 3.63) is 54.6 Å². The van der Waals surface area contributed by atoms with Gasteiger partial charge in [0.15, 0.2) is 0 Å². The van der Waals surface area contributed by atoms with E-state index in [1.54, 1.807) is 12.5 Å². The Morgan fingerprint density at radius 3 is 2.57 bits per heavy atom. The molecule has 21 heavy (non-hydrogen) atoms. The van der Waals surface area contributed by atoms with Crippen molar-refractivity contribution < 1.29 is 9.53 Å². The van der Waals surface area contributed by atoms with Crippen LogP contribution < -0.4 is 0 Å². The van der Waals surface area contributed by atoms with Crippen LogP contribution >= 0.6 is 12.4 Å². The van der Waals surface area contributed by atoms with Gasteiger partial charge in [0.05, 0.1) is 12.9 Å². The van der Waals surface area contributed by atoms with Gasteiger partial charge in [-0.05, 0) is 11.5 Å². The number of hydrogen-bond acceptors (Lipinski definition) is 3. The highest BCUT2D eigenvalue weighted by molar-refractivity contribution is 5.85. The van der Waals surface area contributed by atoms with Crippen molar-refractivity contribution >= 4 is 18.4 Å². The van der Waals surface area contributed by atoms with E-state index in [1.807, 2.05) is 54.9 Å². The van der Waals surface area contributed by atoms with Crippen LogP contribution in [0.2, 0.25) is 0 Å². The summed E-state index contributed by atoms with van der Waals surface area (Å²) in [5, 5.41) is 0. The third-order valence-electron chi connectivity index (χ3n) is 2.96. The molecule has 0 bridgehead atoms. The molecule has 0 N–H and O–H groups in total. The Morgan fingerprint density at radius 2 is 2.00 bits per heavy atom. The van der Waals surface area contributed by atoms with Crippen molar-refractivity contribution in [2.24, 2.45) is 5.92 Å². The number of carbonyl (C=O) groups excluding carboxylic acids is 1. The molecule has 0 aliphatic heterocycles. The standard InChI is InChI=1S/C16H20N2O2.ClH/c1-13(2)10-16(19)20-15(11-18-9-8-17-12-18)14-6-4-3-5-7-14;/h3-9,12-13,15H,10-11H2,1-2H3;1H. The maximum Gasteiger partial charge on any atom is 0.306 e. The number of hydrogen-bond donors (Lipinski definition) is 0. The Balaban J connectivity index is 0.00000220. The average Bonchev–Trinajstić information content (AvgIpc) is 2.91. The number of rotatable bonds is 6. The highest BCUT2D eigenvalue weighted by atomic mass is 35.5. The van der Waals surface area contributed by atoms with Gasteiger partial charge in [-0.1, -0.05) is 44.2 Å². The normalized spacial score (nSPS) is 11.8. The summed E-state index contributed by atoms with van der Waals surface area (Å²) in [5.74, 6) is 0.140. The lowest BCUT2D eigenvalue weighted by atomic mass is 10.1. The lowest BCUT2D eigenvalue weighted by Gasteiger charge is -2.19. The second-order valence-electron chi connectivity index (χ2n) is 5.25. The minimum atomic E-state index is -0.281. The summed E-state index contributed by atoms with van der Waals surface area (Å²) in [4.78, 5) is 15.9. The zero-order chi connectivity index (χ0) is 14.4. The number of halogens is 1. The number of esters is 1. The van der Waals surface area contributed by atoms with Crippen molar-refractivity contribution in [1.29, 1.82) is 0 Å². The molecule has 4 nitrogen and oxygen atoms in total. The number of aromatic nitrogens is 2. The van der Waals surface area contributed by atoms with Gasteiger partial charge >= 0.3 is 5.97 Å². The fraction of sp³-hybridized carbons (Fsp3) is 0.375. The fourth-order valence-corrected chi connectivity index (χ4v) is 2.00. The van der Waals surface area contributed by atoms with Crippen LogP contribution in [0.3, 0.4) is 0 Å². The van der Waals surface area contributed by atoms with Crippen LogP contribution in [0.25, 0.3) is 0 Å². The maximum absolute atomic E-state index is 11.9. The van der Waals surface area contributed by atoms with Crippen molar-refractivity contribution in [2.75, 3.05) is 0 Å². The molecule has 2 rings (SSSR count). The Bertz CT molecular complexity index is 526. The second-order valence-corrected chi connectivity index (χ2v) is 5.25. The third kappa shape index (κ3) is 5.60. The van der Waals surface area contributed by atoms with Crippen molar-refractivity contribution in [3.8, 4) is 0 Å². The molecular formula is C16H21ClN2O2. The monoisotopic (exact) mass is 308 g/mol. The largest absolute Gasteiger partial charge is 0.456 e. The number of imidazole rings is 1. The molecule has 0 radical (unpaired) electrons. The van der Waals surface area contributed by atoms with Gasteiger partial charge in [0.25, 0.3) is 0 Å². The van der Waals surface area contributed by atoms with Crippen LogP contribution in [0.4, 0.5) is 0 Å². The van der Waals surface area contributed by atoms with Crippen LogP contribution in [0.1, 0.15) is 31.9 Å². The Kier molecular flexibility index (Phi) is 6.96. The van der Waals surface area contributed by atoms with Crippen LogP contribution in [-0.4, -0.2) is 15.5 Å². The highest BCUT2D eigenvalue weighted by Crippen LogP contribution is 2.21. The van der Waals surface area contributed by atoms with Crippen LogP contribution in [0, 0.1) is 5.92 Å². The fourth-order valence-electron chi connectivity index (χ4n) is 2.00. The number of benzene rings is 1. The lowest BCUT2D eigenvalue weighted by molar-refractivity contribution is -0.151. The molecule has 0 fully saturated rings. The molecule has 0 aliphatic rings. The quantitative estimate of drug-likeness (QED) is 0.765. The maximum atomic E-state index is 11.9. The molecule has 1 atom stereocenters. The average molecular weight is 309 g/mol. The predicted molar refractivity (Wildman–Crippen MR) is 84.2 cm³/mol. The summed E-state index contributed by atoms with van der Waals surface area (Å²) in [6.07, 6.45) is 5.47. The topological polar surface area (TPSA) is 44.1 Å². The van der Waals surface area contributed by atoms with Gasteiger partial charge in [-0.15, -0.1) is 12.4 Å². The summed E-state index contributed by atoms with van der Waals surface area (Å²) in [5.41, 5.74) is 0.998. The summed E-state index contributed by atoms with van der Waals surface area (Å²) >= 11 is 0. The van der Waals surface area contributed by atoms with Gasteiger partial charge in [0.1, 0.15) is 6.10 Å². The van der Waals surface area contributed by atoms with Crippen molar-refractivity contribution in [1.82, 2.24) is 9.55 Å². The molecule has 1 aromatic carbocycles. The molecule has 0 aliphatic carbocycles. The van der Waals surface area contributed by atoms with E-state index in [2.05, 4.69) is 4.98 Å². The van der Waals surface area contributed by atoms with E-state index in [-0.39, 0.29) is 24.5 Å². The van der Waals surface area contributed by atoms with Gasteiger partial charge in [0.2, 0.25) is 0 Å². The molecule has 1 aromatic heterocycles. The van der Waals surface area contributed by atoms with E-state index >= 15 is 0 Å². The zero-order valence-electron chi connectivity index (χ0n) is 12.3. The molecule has 2 aromatic rings. The first-order chi connectivity index (χ1) is 9.65. The first kappa shape index (κ1) is 17.2. The van der Waals surface area contributed by atoms with Gasteiger partial charge < -0.3 is 9.30 Å². The van der Waals surface area contributed by atoms with E-state index in [1.165, 1.54) is 0 Å². The van der Waals surface area contributed by atoms with Gasteiger partial charge in [-0.3, -0.25) is 4.79 Å². The molecule has 0 amide bonds. The molecule has 0 saturated heterocycles. The number of carbonyl (C=O) groups is 1. The number of nitrogens with zero attached hydrogens (tertiary/aromatic N) is 2. The van der Waals surface area contributed by atoms with Gasteiger partial charge in [-0.2, -0.15) is 0 Å². The van der Waals surface area contributed by atoms with E-state index in [4.69, 9.17) is 4.74 Å². The minimum absolute atomic E-state index is 0. The molecule has 5 heteroatoms. The van der Waals surface area contributed by atoms with E-state index in [0.717, 1.165) is 5.56 Å². The smallest absolute Gasteiger partial charge is 0.306 e. The van der Waals surface area contributed by atoms with E-state index in [0.29, 0.717) is 18.9 Å². The van der Waals surface area contributed by atoms with E-state index in [9.17, 15) is 4.79 Å². The van der Waals surface area contributed by atoms with Crippen LogP contribution in [0.5, 0.6) is 0 Å². The minimum Gasteiger partial charge on any atom is -0.456 e.